The first kappa shape index (κ1) is 8.00. The number of hydrogen-bond acceptors (Lipinski definition) is 3. The van der Waals surface area contributed by atoms with Crippen molar-refractivity contribution in [3.63, 3.8) is 0 Å². The summed E-state index contributed by atoms with van der Waals surface area (Å²) in [6.45, 7) is 1.70. The van der Waals surface area contributed by atoms with Gasteiger partial charge in [0.1, 0.15) is 13.3 Å². The second-order valence-electron chi connectivity index (χ2n) is 2.26. The summed E-state index contributed by atoms with van der Waals surface area (Å²) in [6.07, 6.45) is 0. The number of urea groups is 1. The van der Waals surface area contributed by atoms with Crippen LogP contribution in [-0.4, -0.2) is 46.7 Å². The Balaban J connectivity index is 2.71. The molecule has 1 aliphatic rings. The number of aliphatic hydroxyl groups excluding tert-OH is 1. The van der Waals surface area contributed by atoms with Gasteiger partial charge < -0.3 is 5.11 Å². The van der Waals surface area contributed by atoms with E-state index in [1.807, 2.05) is 0 Å². The van der Waals surface area contributed by atoms with Gasteiger partial charge >= 0.3 is 6.03 Å². The van der Waals surface area contributed by atoms with E-state index in [1.54, 1.807) is 6.92 Å². The summed E-state index contributed by atoms with van der Waals surface area (Å²) in [4.78, 5) is 24.2. The zero-order valence-corrected chi connectivity index (χ0v) is 6.28. The maximum absolute atomic E-state index is 11.0. The van der Waals surface area contributed by atoms with Crippen LogP contribution in [-0.2, 0) is 4.79 Å². The number of aliphatic hydroxyl groups is 1. The minimum atomic E-state index is -0.403. The molecule has 0 radical (unpaired) electrons. The lowest BCUT2D eigenvalue weighted by atomic mass is 10.5. The van der Waals surface area contributed by atoms with Crippen molar-refractivity contribution in [3.05, 3.63) is 0 Å². The maximum atomic E-state index is 11.0. The van der Waals surface area contributed by atoms with Crippen molar-refractivity contribution in [2.24, 2.45) is 0 Å². The highest BCUT2D eigenvalue weighted by Gasteiger charge is 2.33. The van der Waals surface area contributed by atoms with Gasteiger partial charge in [-0.05, 0) is 6.92 Å². The van der Waals surface area contributed by atoms with E-state index in [-0.39, 0.29) is 19.2 Å². The molecule has 1 heterocycles. The Bertz CT molecular complexity index is 192. The van der Waals surface area contributed by atoms with E-state index in [2.05, 4.69) is 0 Å². The molecule has 1 rings (SSSR count). The lowest BCUT2D eigenvalue weighted by Gasteiger charge is -2.11. The van der Waals surface area contributed by atoms with Gasteiger partial charge in [0.2, 0.25) is 5.91 Å². The molecule has 5 heteroatoms. The molecule has 1 fully saturated rings. The Hall–Kier alpha value is -1.10. The van der Waals surface area contributed by atoms with Gasteiger partial charge in [-0.2, -0.15) is 0 Å². The van der Waals surface area contributed by atoms with E-state index >= 15 is 0 Å². The lowest BCUT2D eigenvalue weighted by molar-refractivity contribution is -0.125. The Labute approximate surface area is 64.2 Å². The fraction of sp³-hybridized carbons (Fsp3) is 0.667. The second kappa shape index (κ2) is 2.87. The number of rotatable bonds is 2. The van der Waals surface area contributed by atoms with E-state index in [9.17, 15) is 9.59 Å². The molecule has 0 spiro atoms. The predicted octanol–water partition coefficient (Wildman–Crippen LogP) is -0.780. The number of imide groups is 1. The minimum absolute atomic E-state index is 0.00315. The van der Waals surface area contributed by atoms with Crippen molar-refractivity contribution in [1.82, 2.24) is 9.80 Å². The van der Waals surface area contributed by atoms with E-state index in [0.29, 0.717) is 6.54 Å². The van der Waals surface area contributed by atoms with Crippen LogP contribution in [0.2, 0.25) is 0 Å². The van der Waals surface area contributed by atoms with E-state index in [1.165, 1.54) is 0 Å². The first-order valence-electron chi connectivity index (χ1n) is 3.40. The van der Waals surface area contributed by atoms with Crippen molar-refractivity contribution < 1.29 is 14.7 Å². The van der Waals surface area contributed by atoms with E-state index in [0.717, 1.165) is 9.80 Å². The van der Waals surface area contributed by atoms with Crippen LogP contribution < -0.4 is 0 Å². The largest absolute Gasteiger partial charge is 0.376 e. The Morgan fingerprint density at radius 1 is 1.55 bits per heavy atom. The third-order valence-corrected chi connectivity index (χ3v) is 1.62. The van der Waals surface area contributed by atoms with Gasteiger partial charge in [-0.25, -0.2) is 4.79 Å². The average molecular weight is 158 g/mol. The lowest BCUT2D eigenvalue weighted by Crippen LogP contribution is -2.33. The molecular weight excluding hydrogens is 148 g/mol. The number of carbonyl (C=O) groups excluding carboxylic acids is 2. The molecule has 0 atom stereocenters. The first-order chi connectivity index (χ1) is 5.20. The normalized spacial score (nSPS) is 18.4. The predicted molar refractivity (Wildman–Crippen MR) is 36.6 cm³/mol. The molecule has 0 aromatic heterocycles. The van der Waals surface area contributed by atoms with Gasteiger partial charge in [-0.1, -0.05) is 0 Å². The topological polar surface area (TPSA) is 60.9 Å². The molecule has 0 saturated carbocycles. The van der Waals surface area contributed by atoms with Crippen molar-refractivity contribution in [2.75, 3.05) is 19.8 Å². The molecule has 0 aromatic rings. The number of amides is 3. The fourth-order valence-corrected chi connectivity index (χ4v) is 1.02. The highest BCUT2D eigenvalue weighted by Crippen LogP contribution is 2.07. The summed E-state index contributed by atoms with van der Waals surface area (Å²) < 4.78 is 0. The molecule has 0 bridgehead atoms. The summed E-state index contributed by atoms with van der Waals surface area (Å²) in [6, 6.07) is -0.403. The number of likely N-dealkylation sites (N-methyl/N-ethyl adjacent to an activating group) is 1. The number of nitrogens with zero attached hydrogens (tertiary/aromatic N) is 2. The number of carbonyl (C=O) groups is 2. The quantitative estimate of drug-likeness (QED) is 0.536. The van der Waals surface area contributed by atoms with Crippen LogP contribution in [0.4, 0.5) is 4.79 Å². The van der Waals surface area contributed by atoms with Crippen LogP contribution in [0.5, 0.6) is 0 Å². The monoisotopic (exact) mass is 158 g/mol. The Morgan fingerprint density at radius 3 is 2.45 bits per heavy atom. The van der Waals surface area contributed by atoms with E-state index in [4.69, 9.17) is 5.11 Å². The van der Waals surface area contributed by atoms with Gasteiger partial charge in [0.05, 0.1) is 0 Å². The highest BCUT2D eigenvalue weighted by molar-refractivity contribution is 6.01. The average Bonchev–Trinajstić information content (AvgIpc) is 2.26. The third kappa shape index (κ3) is 1.19. The van der Waals surface area contributed by atoms with Gasteiger partial charge in [-0.15, -0.1) is 0 Å². The van der Waals surface area contributed by atoms with Crippen LogP contribution in [0.3, 0.4) is 0 Å². The van der Waals surface area contributed by atoms with Gasteiger partial charge in [0.25, 0.3) is 0 Å². The summed E-state index contributed by atoms with van der Waals surface area (Å²) in [7, 11) is 0. The minimum Gasteiger partial charge on any atom is -0.376 e. The first-order valence-corrected chi connectivity index (χ1v) is 3.40. The molecular formula is C6H10N2O3. The molecule has 5 nitrogen and oxygen atoms in total. The summed E-state index contributed by atoms with van der Waals surface area (Å²) in [5.74, 6) is -0.244. The molecule has 1 N–H and O–H groups in total. The standard InChI is InChI=1S/C6H10N2O3/c1-2-8-5(10)3-7(4-9)6(8)11/h9H,2-4H2,1H3. The van der Waals surface area contributed by atoms with Crippen molar-refractivity contribution in [2.45, 2.75) is 6.92 Å². The van der Waals surface area contributed by atoms with Crippen LogP contribution in [0.1, 0.15) is 6.92 Å². The SMILES string of the molecule is CCN1C(=O)CN(CO)C1=O. The molecule has 0 aromatic carbocycles. The maximum Gasteiger partial charge on any atom is 0.329 e. The van der Waals surface area contributed by atoms with Crippen molar-refractivity contribution in [3.8, 4) is 0 Å². The molecule has 0 aliphatic carbocycles. The zero-order valence-electron chi connectivity index (χ0n) is 6.28. The smallest absolute Gasteiger partial charge is 0.329 e. The third-order valence-electron chi connectivity index (χ3n) is 1.62. The van der Waals surface area contributed by atoms with Crippen molar-refractivity contribution in [1.29, 1.82) is 0 Å². The molecule has 3 amide bonds. The fourth-order valence-electron chi connectivity index (χ4n) is 1.02. The summed E-state index contributed by atoms with van der Waals surface area (Å²) in [5, 5.41) is 8.59. The van der Waals surface area contributed by atoms with Gasteiger partial charge in [0, 0.05) is 6.54 Å². The van der Waals surface area contributed by atoms with Crippen LogP contribution in [0.25, 0.3) is 0 Å². The molecule has 1 aliphatic heterocycles. The number of hydrogen-bond donors (Lipinski definition) is 1. The van der Waals surface area contributed by atoms with Crippen LogP contribution >= 0.6 is 0 Å². The molecule has 11 heavy (non-hydrogen) atoms. The van der Waals surface area contributed by atoms with E-state index < -0.39 is 6.03 Å². The summed E-state index contributed by atoms with van der Waals surface area (Å²) >= 11 is 0. The van der Waals surface area contributed by atoms with Crippen LogP contribution in [0, 0.1) is 0 Å². The van der Waals surface area contributed by atoms with Gasteiger partial charge in [-0.3, -0.25) is 14.6 Å². The highest BCUT2D eigenvalue weighted by atomic mass is 16.3. The van der Waals surface area contributed by atoms with Crippen molar-refractivity contribution >= 4 is 11.9 Å². The molecule has 1 saturated heterocycles. The molecule has 62 valence electrons. The Morgan fingerprint density at radius 2 is 2.18 bits per heavy atom. The summed E-state index contributed by atoms with van der Waals surface area (Å²) in [5.41, 5.74) is 0. The zero-order chi connectivity index (χ0) is 8.43. The van der Waals surface area contributed by atoms with Gasteiger partial charge in [0.15, 0.2) is 0 Å². The Kier molecular flexibility index (Phi) is 2.09. The second-order valence-corrected chi connectivity index (χ2v) is 2.26. The van der Waals surface area contributed by atoms with Crippen LogP contribution in [0.15, 0.2) is 0 Å². The molecule has 0 unspecified atom stereocenters.